The van der Waals surface area contributed by atoms with Gasteiger partial charge in [0.15, 0.2) is 0 Å². The van der Waals surface area contributed by atoms with Crippen molar-refractivity contribution < 1.29 is 22.7 Å². The minimum absolute atomic E-state index is 0.0689. The number of nitrogens with one attached hydrogen (secondary N) is 1. The van der Waals surface area contributed by atoms with Gasteiger partial charge < -0.3 is 10.1 Å². The van der Waals surface area contributed by atoms with E-state index < -0.39 is 40.7 Å². The highest BCUT2D eigenvalue weighted by molar-refractivity contribution is 5.78. The number of halogens is 3. The highest BCUT2D eigenvalue weighted by Gasteiger charge is 2.25. The van der Waals surface area contributed by atoms with Crippen LogP contribution in [0.25, 0.3) is 16.6 Å². The average molecular weight is 433 g/mol. The number of carbonyl (C=O) groups is 1. The number of para-hydroxylation sites is 1. The van der Waals surface area contributed by atoms with Crippen molar-refractivity contribution in [3.05, 3.63) is 70.0 Å². The molecule has 0 aliphatic heterocycles. The summed E-state index contributed by atoms with van der Waals surface area (Å²) in [6.07, 6.45) is -0.539. The van der Waals surface area contributed by atoms with Gasteiger partial charge >= 0.3 is 6.09 Å². The Morgan fingerprint density at radius 3 is 2.39 bits per heavy atom. The molecule has 0 unspecified atom stereocenters. The van der Waals surface area contributed by atoms with E-state index in [9.17, 15) is 22.8 Å². The first kappa shape index (κ1) is 22.3. The summed E-state index contributed by atoms with van der Waals surface area (Å²) in [5.74, 6) is -2.62. The first-order valence-corrected chi connectivity index (χ1v) is 9.67. The molecule has 0 fully saturated rings. The molecule has 0 aliphatic rings. The van der Waals surface area contributed by atoms with Crippen LogP contribution in [0.5, 0.6) is 0 Å². The maximum absolute atomic E-state index is 14.4. The summed E-state index contributed by atoms with van der Waals surface area (Å²) in [6, 6.07) is 5.53. The number of ether oxygens (including phenoxy) is 1. The lowest BCUT2D eigenvalue weighted by Gasteiger charge is -2.24. The number of rotatable bonds is 4. The van der Waals surface area contributed by atoms with Crippen LogP contribution in [0.1, 0.15) is 46.0 Å². The van der Waals surface area contributed by atoms with E-state index in [-0.39, 0.29) is 28.8 Å². The first-order valence-electron chi connectivity index (χ1n) is 9.67. The lowest BCUT2D eigenvalue weighted by Crippen LogP contribution is -2.37. The number of hydrogen-bond donors (Lipinski definition) is 1. The van der Waals surface area contributed by atoms with Crippen molar-refractivity contribution in [3.63, 3.8) is 0 Å². The highest BCUT2D eigenvalue weighted by atomic mass is 19.1. The van der Waals surface area contributed by atoms with E-state index in [4.69, 9.17) is 4.74 Å². The van der Waals surface area contributed by atoms with E-state index in [1.807, 2.05) is 0 Å². The molecular formula is C22H22F3N3O3. The number of alkyl carbamates (subject to hydrolysis) is 1. The van der Waals surface area contributed by atoms with E-state index >= 15 is 0 Å². The lowest BCUT2D eigenvalue weighted by molar-refractivity contribution is 0.0499. The minimum atomic E-state index is -0.905. The summed E-state index contributed by atoms with van der Waals surface area (Å²) in [5, 5.41) is 2.53. The quantitative estimate of drug-likeness (QED) is 0.643. The fourth-order valence-electron chi connectivity index (χ4n) is 3.14. The molecule has 0 radical (unpaired) electrons. The molecule has 1 heterocycles. The Kier molecular flexibility index (Phi) is 6.06. The molecule has 31 heavy (non-hydrogen) atoms. The standard InChI is InChI=1S/C22H22F3N3O3/c1-5-17(26-21(30)31-22(2,3)4)19-27-18-15(7-6-8-16(18)25)20(29)28(19)14-10-12(23)9-13(24)11-14/h6-11,17H,5H2,1-4H3,(H,26,30)/t17-/m0/s1. The zero-order valence-electron chi connectivity index (χ0n) is 17.5. The average Bonchev–Trinajstić information content (AvgIpc) is 2.64. The van der Waals surface area contributed by atoms with Crippen molar-refractivity contribution in [3.8, 4) is 5.69 Å². The van der Waals surface area contributed by atoms with Gasteiger partial charge in [-0.15, -0.1) is 0 Å². The molecule has 1 N–H and O–H groups in total. The van der Waals surface area contributed by atoms with Crippen LogP contribution < -0.4 is 10.9 Å². The van der Waals surface area contributed by atoms with Gasteiger partial charge in [-0.1, -0.05) is 13.0 Å². The topological polar surface area (TPSA) is 73.2 Å². The van der Waals surface area contributed by atoms with Crippen LogP contribution in [0.3, 0.4) is 0 Å². The molecule has 1 aromatic heterocycles. The number of aromatic nitrogens is 2. The van der Waals surface area contributed by atoms with Gasteiger partial charge in [-0.25, -0.2) is 22.9 Å². The van der Waals surface area contributed by atoms with Gasteiger partial charge in [-0.3, -0.25) is 9.36 Å². The molecule has 6 nitrogen and oxygen atoms in total. The fraction of sp³-hybridized carbons (Fsp3) is 0.318. The van der Waals surface area contributed by atoms with Crippen molar-refractivity contribution in [1.82, 2.24) is 14.9 Å². The summed E-state index contributed by atoms with van der Waals surface area (Å²) < 4.78 is 48.5. The smallest absolute Gasteiger partial charge is 0.408 e. The van der Waals surface area contributed by atoms with Crippen molar-refractivity contribution >= 4 is 17.0 Å². The van der Waals surface area contributed by atoms with Crippen molar-refractivity contribution in [2.24, 2.45) is 0 Å². The lowest BCUT2D eigenvalue weighted by atomic mass is 10.1. The molecule has 3 rings (SSSR count). The molecule has 3 aromatic rings. The Hall–Kier alpha value is -3.36. The van der Waals surface area contributed by atoms with Crippen LogP contribution in [-0.4, -0.2) is 21.2 Å². The Bertz CT molecular complexity index is 1180. The predicted molar refractivity (Wildman–Crippen MR) is 110 cm³/mol. The Labute approximate surface area is 176 Å². The zero-order chi connectivity index (χ0) is 22.9. The molecular weight excluding hydrogens is 411 g/mol. The van der Waals surface area contributed by atoms with Gasteiger partial charge in [-0.05, 0) is 51.5 Å². The summed E-state index contributed by atoms with van der Waals surface area (Å²) in [6.45, 7) is 6.75. The van der Waals surface area contributed by atoms with E-state index in [1.165, 1.54) is 12.1 Å². The maximum Gasteiger partial charge on any atom is 0.408 e. The molecule has 9 heteroatoms. The van der Waals surface area contributed by atoms with E-state index in [1.54, 1.807) is 27.7 Å². The van der Waals surface area contributed by atoms with Gasteiger partial charge in [0, 0.05) is 6.07 Å². The number of nitrogens with zero attached hydrogens (tertiary/aromatic N) is 2. The number of amides is 1. The van der Waals surface area contributed by atoms with Crippen LogP contribution in [0.4, 0.5) is 18.0 Å². The third kappa shape index (κ3) is 4.87. The molecule has 2 aromatic carbocycles. The molecule has 0 saturated carbocycles. The zero-order valence-corrected chi connectivity index (χ0v) is 17.5. The Balaban J connectivity index is 2.26. The van der Waals surface area contributed by atoms with Crippen molar-refractivity contribution in [1.29, 1.82) is 0 Å². The van der Waals surface area contributed by atoms with Gasteiger partial charge in [0.25, 0.3) is 5.56 Å². The van der Waals surface area contributed by atoms with Crippen LogP contribution in [-0.2, 0) is 4.74 Å². The molecule has 164 valence electrons. The molecule has 0 aliphatic carbocycles. The normalized spacial score (nSPS) is 12.6. The summed E-state index contributed by atoms with van der Waals surface area (Å²) >= 11 is 0. The second-order valence-electron chi connectivity index (χ2n) is 7.98. The predicted octanol–water partition coefficient (Wildman–Crippen LogP) is 4.78. The first-order chi connectivity index (χ1) is 14.5. The number of fused-ring (bicyclic) bond motifs is 1. The van der Waals surface area contributed by atoms with Gasteiger partial charge in [0.1, 0.15) is 34.4 Å². The monoisotopic (exact) mass is 433 g/mol. The third-order valence-corrected chi connectivity index (χ3v) is 4.39. The third-order valence-electron chi connectivity index (χ3n) is 4.39. The second kappa shape index (κ2) is 8.41. The van der Waals surface area contributed by atoms with Crippen LogP contribution >= 0.6 is 0 Å². The van der Waals surface area contributed by atoms with E-state index in [2.05, 4.69) is 10.3 Å². The number of carbonyl (C=O) groups excluding carboxylic acids is 1. The Morgan fingerprint density at radius 2 is 1.81 bits per heavy atom. The number of benzene rings is 2. The fourth-order valence-corrected chi connectivity index (χ4v) is 3.14. The summed E-state index contributed by atoms with van der Waals surface area (Å²) in [5.41, 5.74) is -1.86. The molecule has 1 amide bonds. The van der Waals surface area contributed by atoms with E-state index in [0.717, 1.165) is 22.8 Å². The maximum atomic E-state index is 14.4. The summed E-state index contributed by atoms with van der Waals surface area (Å²) in [4.78, 5) is 29.8. The molecule has 0 bridgehead atoms. The second-order valence-corrected chi connectivity index (χ2v) is 7.98. The van der Waals surface area contributed by atoms with Gasteiger partial charge in [-0.2, -0.15) is 0 Å². The minimum Gasteiger partial charge on any atom is -0.444 e. The molecule has 1 atom stereocenters. The molecule has 0 saturated heterocycles. The SMILES string of the molecule is CC[C@H](NC(=O)OC(C)(C)C)c1nc2c(F)cccc2c(=O)n1-c1cc(F)cc(F)c1. The van der Waals surface area contributed by atoms with Crippen molar-refractivity contribution in [2.75, 3.05) is 0 Å². The number of hydrogen-bond acceptors (Lipinski definition) is 4. The van der Waals surface area contributed by atoms with E-state index in [0.29, 0.717) is 6.07 Å². The Morgan fingerprint density at radius 1 is 1.16 bits per heavy atom. The highest BCUT2D eigenvalue weighted by Crippen LogP contribution is 2.23. The van der Waals surface area contributed by atoms with Crippen LogP contribution in [0.2, 0.25) is 0 Å². The van der Waals surface area contributed by atoms with Crippen LogP contribution in [0, 0.1) is 17.5 Å². The molecule has 0 spiro atoms. The van der Waals surface area contributed by atoms with Crippen LogP contribution in [0.15, 0.2) is 41.2 Å². The van der Waals surface area contributed by atoms with Crippen molar-refractivity contribution in [2.45, 2.75) is 45.8 Å². The largest absolute Gasteiger partial charge is 0.444 e. The van der Waals surface area contributed by atoms with Gasteiger partial charge in [0.05, 0.1) is 17.1 Å². The van der Waals surface area contributed by atoms with Gasteiger partial charge in [0.2, 0.25) is 0 Å². The summed E-state index contributed by atoms with van der Waals surface area (Å²) in [7, 11) is 0.